The third kappa shape index (κ3) is 3.72. The van der Waals surface area contributed by atoms with Crippen molar-refractivity contribution in [1.29, 1.82) is 0 Å². The van der Waals surface area contributed by atoms with Gasteiger partial charge in [-0.05, 0) is 31.0 Å². The Labute approximate surface area is 122 Å². The van der Waals surface area contributed by atoms with Crippen molar-refractivity contribution in [3.63, 3.8) is 0 Å². The van der Waals surface area contributed by atoms with Crippen molar-refractivity contribution >= 4 is 23.4 Å². The van der Waals surface area contributed by atoms with Crippen molar-refractivity contribution in [2.24, 2.45) is 5.73 Å². The van der Waals surface area contributed by atoms with Gasteiger partial charge in [0.05, 0.1) is 5.25 Å². The second-order valence-corrected chi connectivity index (χ2v) is 5.91. The lowest BCUT2D eigenvalue weighted by molar-refractivity contribution is 0.632. The van der Waals surface area contributed by atoms with Crippen molar-refractivity contribution in [3.05, 3.63) is 40.7 Å². The van der Waals surface area contributed by atoms with Gasteiger partial charge in [0.1, 0.15) is 5.82 Å². The quantitative estimate of drug-likeness (QED) is 0.831. The number of nitrogens with two attached hydrogens (primary N) is 1. The molecule has 1 aromatic heterocycles. The summed E-state index contributed by atoms with van der Waals surface area (Å²) in [6.45, 7) is 3.96. The van der Waals surface area contributed by atoms with Gasteiger partial charge in [-0.1, -0.05) is 42.4 Å². The molecule has 6 heteroatoms. The monoisotopic (exact) mass is 296 g/mol. The van der Waals surface area contributed by atoms with Crippen molar-refractivity contribution in [3.8, 4) is 0 Å². The minimum atomic E-state index is 0.0463. The van der Waals surface area contributed by atoms with Crippen LogP contribution in [0.25, 0.3) is 0 Å². The second-order valence-electron chi connectivity index (χ2n) is 4.37. The lowest BCUT2D eigenvalue weighted by Gasteiger charge is -2.21. The van der Waals surface area contributed by atoms with E-state index in [0.29, 0.717) is 0 Å². The highest BCUT2D eigenvalue weighted by Gasteiger charge is 2.21. The van der Waals surface area contributed by atoms with Crippen molar-refractivity contribution in [2.45, 2.75) is 36.7 Å². The Morgan fingerprint density at radius 3 is 2.58 bits per heavy atom. The Kier molecular flexibility index (Phi) is 4.85. The molecule has 0 bridgehead atoms. The van der Waals surface area contributed by atoms with Crippen LogP contribution in [0.4, 0.5) is 0 Å². The largest absolute Gasteiger partial charge is 0.326 e. The molecule has 2 atom stereocenters. The molecule has 0 aliphatic rings. The van der Waals surface area contributed by atoms with Crippen LogP contribution in [-0.2, 0) is 0 Å². The zero-order valence-electron chi connectivity index (χ0n) is 10.9. The summed E-state index contributed by atoms with van der Waals surface area (Å²) in [6.07, 6.45) is 0.893. The minimum Gasteiger partial charge on any atom is -0.326 e. The zero-order chi connectivity index (χ0) is 13.8. The summed E-state index contributed by atoms with van der Waals surface area (Å²) in [5, 5.41) is 8.58. The molecule has 0 spiro atoms. The Morgan fingerprint density at radius 2 is 2.05 bits per heavy atom. The summed E-state index contributed by atoms with van der Waals surface area (Å²) in [6, 6.07) is 7.83. The van der Waals surface area contributed by atoms with E-state index >= 15 is 0 Å². The van der Waals surface area contributed by atoms with Gasteiger partial charge in [0.2, 0.25) is 5.16 Å². The van der Waals surface area contributed by atoms with E-state index in [2.05, 4.69) is 22.1 Å². The number of thioether (sulfide) groups is 1. The summed E-state index contributed by atoms with van der Waals surface area (Å²) in [4.78, 5) is 4.32. The number of aryl methyl sites for hydroxylation is 1. The first-order valence-electron chi connectivity index (χ1n) is 6.17. The first-order chi connectivity index (χ1) is 9.10. The molecular formula is C13H17ClN4S. The molecule has 0 aliphatic heterocycles. The van der Waals surface area contributed by atoms with Crippen LogP contribution in [0.2, 0.25) is 5.02 Å². The molecule has 3 N–H and O–H groups in total. The number of aromatic nitrogens is 3. The number of nitrogens with zero attached hydrogens (tertiary/aromatic N) is 2. The van der Waals surface area contributed by atoms with E-state index < -0.39 is 0 Å². The minimum absolute atomic E-state index is 0.0463. The SMILES string of the molecule is CCC(N)C(Sc1n[nH]c(C)n1)c1ccc(Cl)cc1. The van der Waals surface area contributed by atoms with Crippen LogP contribution in [0, 0.1) is 6.92 Å². The fraction of sp³-hybridized carbons (Fsp3) is 0.385. The predicted molar refractivity (Wildman–Crippen MR) is 79.4 cm³/mol. The molecular weight excluding hydrogens is 280 g/mol. The van der Waals surface area contributed by atoms with E-state index in [1.54, 1.807) is 11.8 Å². The van der Waals surface area contributed by atoms with Crippen LogP contribution in [0.1, 0.15) is 30.0 Å². The van der Waals surface area contributed by atoms with E-state index in [0.717, 1.165) is 28.0 Å². The predicted octanol–water partition coefficient (Wildman–Crippen LogP) is 3.34. The molecule has 19 heavy (non-hydrogen) atoms. The third-order valence-electron chi connectivity index (χ3n) is 2.87. The van der Waals surface area contributed by atoms with Crippen LogP contribution in [0.3, 0.4) is 0 Å². The molecule has 0 amide bonds. The Balaban J connectivity index is 2.23. The number of aromatic amines is 1. The third-order valence-corrected chi connectivity index (χ3v) is 4.39. The Hall–Kier alpha value is -1.04. The Morgan fingerprint density at radius 1 is 1.37 bits per heavy atom. The molecule has 1 heterocycles. The summed E-state index contributed by atoms with van der Waals surface area (Å²) in [5.41, 5.74) is 7.37. The number of H-pyrrole nitrogens is 1. The number of hydrogen-bond acceptors (Lipinski definition) is 4. The van der Waals surface area contributed by atoms with Crippen LogP contribution < -0.4 is 5.73 Å². The smallest absolute Gasteiger partial charge is 0.209 e. The van der Waals surface area contributed by atoms with Gasteiger partial charge >= 0.3 is 0 Å². The number of nitrogens with one attached hydrogen (secondary N) is 1. The molecule has 2 unspecified atom stereocenters. The Bertz CT molecular complexity index is 526. The van der Waals surface area contributed by atoms with Gasteiger partial charge in [-0.2, -0.15) is 0 Å². The highest BCUT2D eigenvalue weighted by Crippen LogP contribution is 2.36. The highest BCUT2D eigenvalue weighted by atomic mass is 35.5. The summed E-state index contributed by atoms with van der Waals surface area (Å²) in [5.74, 6) is 0.808. The van der Waals surface area contributed by atoms with Crippen molar-refractivity contribution < 1.29 is 0 Å². The van der Waals surface area contributed by atoms with Gasteiger partial charge in [0.25, 0.3) is 0 Å². The van der Waals surface area contributed by atoms with Crippen LogP contribution >= 0.6 is 23.4 Å². The van der Waals surface area contributed by atoms with Gasteiger partial charge < -0.3 is 5.73 Å². The molecule has 102 valence electrons. The van der Waals surface area contributed by atoms with Crippen LogP contribution in [-0.4, -0.2) is 21.2 Å². The van der Waals surface area contributed by atoms with Gasteiger partial charge in [0, 0.05) is 11.1 Å². The standard InChI is InChI=1S/C13H17ClN4S/c1-3-11(15)12(9-4-6-10(14)7-5-9)19-13-16-8(2)17-18-13/h4-7,11-12H,3,15H2,1-2H3,(H,16,17,18). The van der Waals surface area contributed by atoms with Gasteiger partial charge in [0.15, 0.2) is 0 Å². The van der Waals surface area contributed by atoms with E-state index in [1.165, 1.54) is 0 Å². The number of rotatable bonds is 5. The van der Waals surface area contributed by atoms with Crippen molar-refractivity contribution in [2.75, 3.05) is 0 Å². The van der Waals surface area contributed by atoms with Crippen molar-refractivity contribution in [1.82, 2.24) is 15.2 Å². The molecule has 4 nitrogen and oxygen atoms in total. The van der Waals surface area contributed by atoms with E-state index in [9.17, 15) is 0 Å². The average Bonchev–Trinajstić information content (AvgIpc) is 2.82. The van der Waals surface area contributed by atoms with E-state index in [1.807, 2.05) is 31.2 Å². The summed E-state index contributed by atoms with van der Waals surface area (Å²) < 4.78 is 0. The summed E-state index contributed by atoms with van der Waals surface area (Å²) in [7, 11) is 0. The van der Waals surface area contributed by atoms with Crippen LogP contribution in [0.15, 0.2) is 29.4 Å². The second kappa shape index (κ2) is 6.41. The number of benzene rings is 1. The molecule has 1 aromatic carbocycles. The maximum Gasteiger partial charge on any atom is 0.209 e. The summed E-state index contributed by atoms with van der Waals surface area (Å²) >= 11 is 7.51. The first kappa shape index (κ1) is 14.4. The normalized spacial score (nSPS) is 14.3. The molecule has 0 saturated heterocycles. The molecule has 0 radical (unpaired) electrons. The fourth-order valence-corrected chi connectivity index (χ4v) is 3.06. The topological polar surface area (TPSA) is 67.6 Å². The van der Waals surface area contributed by atoms with Gasteiger partial charge in [-0.15, -0.1) is 5.10 Å². The number of hydrogen-bond donors (Lipinski definition) is 2. The van der Waals surface area contributed by atoms with Gasteiger partial charge in [-0.25, -0.2) is 4.98 Å². The van der Waals surface area contributed by atoms with Crippen LogP contribution in [0.5, 0.6) is 0 Å². The molecule has 2 aromatic rings. The molecule has 0 aliphatic carbocycles. The van der Waals surface area contributed by atoms with Gasteiger partial charge in [-0.3, -0.25) is 5.10 Å². The van der Waals surface area contributed by atoms with E-state index in [-0.39, 0.29) is 11.3 Å². The molecule has 2 rings (SSSR count). The molecule has 0 fully saturated rings. The zero-order valence-corrected chi connectivity index (χ0v) is 12.5. The fourth-order valence-electron chi connectivity index (χ4n) is 1.76. The lowest BCUT2D eigenvalue weighted by Crippen LogP contribution is -2.25. The first-order valence-corrected chi connectivity index (χ1v) is 7.42. The average molecular weight is 297 g/mol. The highest BCUT2D eigenvalue weighted by molar-refractivity contribution is 7.99. The maximum atomic E-state index is 6.22. The maximum absolute atomic E-state index is 6.22. The lowest BCUT2D eigenvalue weighted by atomic mass is 10.0. The molecule has 0 saturated carbocycles. The van der Waals surface area contributed by atoms with E-state index in [4.69, 9.17) is 17.3 Å². The number of halogens is 1.